The number of ether oxygens (including phenoxy) is 2. The van der Waals surface area contributed by atoms with E-state index in [1.165, 1.54) is 17.1 Å². The largest absolute Gasteiger partial charge is 0.472 e. The van der Waals surface area contributed by atoms with Crippen LogP contribution in [0.5, 0.6) is 0 Å². The Morgan fingerprint density at radius 1 is 1.05 bits per heavy atom. The van der Waals surface area contributed by atoms with E-state index in [-0.39, 0.29) is 35.8 Å². The van der Waals surface area contributed by atoms with E-state index in [1.807, 2.05) is 0 Å². The second kappa shape index (κ2) is 11.8. The normalized spacial score (nSPS) is 27.6. The Morgan fingerprint density at radius 3 is 2.44 bits per heavy atom. The zero-order valence-electron chi connectivity index (χ0n) is 22.2. The average Bonchev–Trinajstić information content (AvgIpc) is 3.60. The predicted octanol–water partition coefficient (Wildman–Crippen LogP) is -1.60. The minimum absolute atomic E-state index is 0.0122. The molecule has 0 aromatic carbocycles. The minimum atomic E-state index is -4.97. The summed E-state index contributed by atoms with van der Waals surface area (Å²) in [7, 11) is -9.91. The van der Waals surface area contributed by atoms with Gasteiger partial charge in [-0.1, -0.05) is 0 Å². The van der Waals surface area contributed by atoms with Gasteiger partial charge in [0.25, 0.3) is 5.56 Å². The van der Waals surface area contributed by atoms with E-state index in [0.29, 0.717) is 5.56 Å². The highest BCUT2D eigenvalue weighted by Crippen LogP contribution is 2.49. The smallest absolute Gasteiger partial charge is 0.390 e. The fraction of sp³-hybridized carbons (Fsp3) is 0.550. The summed E-state index contributed by atoms with van der Waals surface area (Å²) in [4.78, 5) is 67.1. The van der Waals surface area contributed by atoms with Gasteiger partial charge in [0, 0.05) is 24.6 Å². The molecular formula is C20H28N8O13P2. The predicted molar refractivity (Wildman–Crippen MR) is 142 cm³/mol. The average molecular weight is 650 g/mol. The van der Waals surface area contributed by atoms with Gasteiger partial charge in [-0.3, -0.25) is 32.5 Å². The van der Waals surface area contributed by atoms with Gasteiger partial charge in [0.15, 0.2) is 11.2 Å². The molecule has 0 bridgehead atoms. The van der Waals surface area contributed by atoms with Gasteiger partial charge in [-0.05, 0) is 6.92 Å². The monoisotopic (exact) mass is 650 g/mol. The second-order valence-electron chi connectivity index (χ2n) is 9.77. The van der Waals surface area contributed by atoms with E-state index >= 15 is 0 Å². The molecular weight excluding hydrogens is 622 g/mol. The molecule has 2 aliphatic rings. The molecule has 236 valence electrons. The number of aliphatic hydroxyl groups excluding tert-OH is 1. The van der Waals surface area contributed by atoms with Crippen LogP contribution in [-0.4, -0.2) is 86.5 Å². The number of H-pyrrole nitrogens is 1. The third-order valence-electron chi connectivity index (χ3n) is 6.71. The topological polar surface area (TPSA) is 312 Å². The number of aromatic amines is 1. The second-order valence-corrected chi connectivity index (χ2v) is 12.4. The molecule has 7 atom stereocenters. The molecule has 2 saturated heterocycles. The number of hydrogen-bond donors (Lipinski definition) is 7. The summed E-state index contributed by atoms with van der Waals surface area (Å²) in [5, 5.41) is 10.5. The van der Waals surface area contributed by atoms with Gasteiger partial charge < -0.3 is 40.7 Å². The fourth-order valence-corrected chi connectivity index (χ4v) is 5.95. The lowest BCUT2D eigenvalue weighted by molar-refractivity contribution is -0.0558. The molecule has 0 radical (unpaired) electrons. The third-order valence-corrected chi connectivity index (χ3v) is 8.21. The van der Waals surface area contributed by atoms with Crippen LogP contribution in [0.1, 0.15) is 30.9 Å². The highest BCUT2D eigenvalue weighted by molar-refractivity contribution is 7.47. The SMILES string of the molecule is Cc1cn([C@H]2C[C@H](OP(=O)(O)OC[C@H]3O[C@@H](n4cnc5c(=O)[nH]c(N)nc54)C[C@@H]3O)[C@@H](COP(=O)(O)O)O2)c(=O)nc1N. The molecule has 21 nitrogen and oxygen atoms in total. The maximum atomic E-state index is 12.9. The van der Waals surface area contributed by atoms with Crippen molar-refractivity contribution in [3.05, 3.63) is 38.9 Å². The zero-order chi connectivity index (χ0) is 31.3. The number of hydrogen-bond acceptors (Lipinski definition) is 15. The highest BCUT2D eigenvalue weighted by atomic mass is 31.2. The molecule has 3 aromatic rings. The van der Waals surface area contributed by atoms with E-state index in [1.54, 1.807) is 6.92 Å². The van der Waals surface area contributed by atoms with Gasteiger partial charge in [0.1, 0.15) is 36.6 Å². The Hall–Kier alpha value is -3.07. The first-order valence-corrected chi connectivity index (χ1v) is 15.5. The standard InChI is InChI=1S/C20H28N8O13P2/c1-8-4-27(20(31)24-16(8)21)14-3-10(12(40-14)6-37-42(32,33)34)41-43(35,36)38-5-11-9(29)2-13(39-11)28-7-23-15-17(28)25-19(22)26-18(15)30/h4,7,9-14,29H,2-3,5-6H2,1H3,(H,35,36)(H2,21,24,31)(H2,32,33,34)(H3,22,25,26,30)/t9-,10-,11+,12+,13+,14+/m0/s1. The summed E-state index contributed by atoms with van der Waals surface area (Å²) in [5.74, 6) is -0.179. The number of imidazole rings is 1. The summed E-state index contributed by atoms with van der Waals surface area (Å²) in [6.45, 7) is 0.180. The molecule has 5 heterocycles. The number of rotatable bonds is 10. The molecule has 3 aromatic heterocycles. The van der Waals surface area contributed by atoms with Crippen LogP contribution in [0.15, 0.2) is 22.1 Å². The lowest BCUT2D eigenvalue weighted by Crippen LogP contribution is -2.30. The Morgan fingerprint density at radius 2 is 1.72 bits per heavy atom. The van der Waals surface area contributed by atoms with E-state index in [0.717, 1.165) is 4.57 Å². The summed E-state index contributed by atoms with van der Waals surface area (Å²) in [6.07, 6.45) is -4.67. The zero-order valence-corrected chi connectivity index (χ0v) is 24.0. The van der Waals surface area contributed by atoms with Crippen molar-refractivity contribution in [2.24, 2.45) is 0 Å². The molecule has 2 fully saturated rings. The Bertz CT molecular complexity index is 1720. The Kier molecular flexibility index (Phi) is 8.60. The number of nitrogens with one attached hydrogen (secondary N) is 1. The lowest BCUT2D eigenvalue weighted by Gasteiger charge is -2.22. The molecule has 0 aliphatic carbocycles. The molecule has 9 N–H and O–H groups in total. The maximum absolute atomic E-state index is 12.9. The van der Waals surface area contributed by atoms with Crippen LogP contribution in [0.25, 0.3) is 11.2 Å². The molecule has 2 aliphatic heterocycles. The maximum Gasteiger partial charge on any atom is 0.472 e. The first kappa shape index (κ1) is 31.4. The molecule has 0 spiro atoms. The molecule has 0 saturated carbocycles. The molecule has 23 heteroatoms. The van der Waals surface area contributed by atoms with Crippen molar-refractivity contribution in [1.82, 2.24) is 29.1 Å². The fourth-order valence-electron chi connectivity index (χ4n) is 4.65. The molecule has 5 rings (SSSR count). The van der Waals surface area contributed by atoms with Crippen molar-refractivity contribution in [3.63, 3.8) is 0 Å². The third kappa shape index (κ3) is 7.03. The number of nitrogen functional groups attached to an aromatic ring is 2. The first-order valence-electron chi connectivity index (χ1n) is 12.5. The van der Waals surface area contributed by atoms with Gasteiger partial charge >= 0.3 is 21.3 Å². The van der Waals surface area contributed by atoms with Crippen LogP contribution in [0.3, 0.4) is 0 Å². The van der Waals surface area contributed by atoms with Crippen molar-refractivity contribution < 1.29 is 52.0 Å². The first-order chi connectivity index (χ1) is 20.1. The molecule has 1 unspecified atom stereocenters. The number of phosphoric ester groups is 2. The van der Waals surface area contributed by atoms with E-state index in [9.17, 15) is 28.7 Å². The number of aliphatic hydroxyl groups is 1. The van der Waals surface area contributed by atoms with Crippen molar-refractivity contribution in [3.8, 4) is 0 Å². The van der Waals surface area contributed by atoms with Crippen molar-refractivity contribution in [2.75, 3.05) is 24.7 Å². The van der Waals surface area contributed by atoms with E-state index in [4.69, 9.17) is 39.8 Å². The van der Waals surface area contributed by atoms with Gasteiger partial charge in [0.2, 0.25) is 5.95 Å². The summed E-state index contributed by atoms with van der Waals surface area (Å²) in [5.41, 5.74) is 10.4. The van der Waals surface area contributed by atoms with Crippen LogP contribution in [0, 0.1) is 6.92 Å². The number of aromatic nitrogens is 6. The Balaban J connectivity index is 1.26. The number of aryl methyl sites for hydroxylation is 1. The van der Waals surface area contributed by atoms with Crippen LogP contribution in [-0.2, 0) is 32.2 Å². The van der Waals surface area contributed by atoms with Crippen LogP contribution >= 0.6 is 15.6 Å². The van der Waals surface area contributed by atoms with Crippen molar-refractivity contribution in [2.45, 2.75) is 56.6 Å². The highest BCUT2D eigenvalue weighted by Gasteiger charge is 2.44. The van der Waals surface area contributed by atoms with Gasteiger partial charge in [-0.25, -0.2) is 18.9 Å². The Labute approximate surface area is 240 Å². The van der Waals surface area contributed by atoms with Gasteiger partial charge in [-0.2, -0.15) is 9.97 Å². The van der Waals surface area contributed by atoms with Gasteiger partial charge in [-0.15, -0.1) is 0 Å². The summed E-state index contributed by atoms with van der Waals surface area (Å²) >= 11 is 0. The van der Waals surface area contributed by atoms with Crippen LogP contribution < -0.4 is 22.7 Å². The number of fused-ring (bicyclic) bond motifs is 1. The van der Waals surface area contributed by atoms with Crippen LogP contribution in [0.4, 0.5) is 11.8 Å². The quantitative estimate of drug-likeness (QED) is 0.121. The molecule has 0 amide bonds. The van der Waals surface area contributed by atoms with Crippen LogP contribution in [0.2, 0.25) is 0 Å². The van der Waals surface area contributed by atoms with E-state index < -0.39 is 77.0 Å². The number of nitrogens with zero attached hydrogens (tertiary/aromatic N) is 5. The van der Waals surface area contributed by atoms with Gasteiger partial charge in [0.05, 0.1) is 25.6 Å². The molecule has 43 heavy (non-hydrogen) atoms. The van der Waals surface area contributed by atoms with Crippen molar-refractivity contribution >= 4 is 38.6 Å². The lowest BCUT2D eigenvalue weighted by atomic mass is 10.2. The summed E-state index contributed by atoms with van der Waals surface area (Å²) in [6, 6.07) is 0. The number of phosphoric acid groups is 2. The number of anilines is 2. The minimum Gasteiger partial charge on any atom is -0.390 e. The van der Waals surface area contributed by atoms with Crippen molar-refractivity contribution in [1.29, 1.82) is 0 Å². The summed E-state index contributed by atoms with van der Waals surface area (Å²) < 4.78 is 52.8. The van der Waals surface area contributed by atoms with E-state index in [2.05, 4.69) is 24.5 Å². The number of nitrogens with two attached hydrogens (primary N) is 2.